The molecule has 0 saturated carbocycles. The average molecular weight is 292 g/mol. The number of nitrogens with one attached hydrogen (secondary N) is 2. The molecular weight excluding hydrogens is 264 g/mol. The first-order chi connectivity index (χ1) is 9.81. The number of rotatable bonds is 7. The van der Waals surface area contributed by atoms with Gasteiger partial charge in [-0.2, -0.15) is 0 Å². The summed E-state index contributed by atoms with van der Waals surface area (Å²) < 4.78 is 5.54. The molecular formula is C17H28N2O2. The van der Waals surface area contributed by atoms with E-state index < -0.39 is 0 Å². The molecule has 21 heavy (non-hydrogen) atoms. The van der Waals surface area contributed by atoms with Crippen LogP contribution < -0.4 is 15.4 Å². The zero-order valence-electron chi connectivity index (χ0n) is 13.8. The van der Waals surface area contributed by atoms with Gasteiger partial charge in [-0.25, -0.2) is 0 Å². The molecule has 4 nitrogen and oxygen atoms in total. The van der Waals surface area contributed by atoms with Gasteiger partial charge in [-0.05, 0) is 51.8 Å². The summed E-state index contributed by atoms with van der Waals surface area (Å²) in [6, 6.07) is 7.75. The Balaban J connectivity index is 2.42. The quantitative estimate of drug-likeness (QED) is 0.812. The molecule has 1 unspecified atom stereocenters. The minimum Gasteiger partial charge on any atom is -0.494 e. The molecule has 2 N–H and O–H groups in total. The molecule has 0 aromatic heterocycles. The lowest BCUT2D eigenvalue weighted by Crippen LogP contribution is -2.49. The predicted molar refractivity (Wildman–Crippen MR) is 86.4 cm³/mol. The van der Waals surface area contributed by atoms with Gasteiger partial charge in [-0.1, -0.05) is 19.1 Å². The number of amides is 1. The number of carbonyl (C=O) groups is 1. The summed E-state index contributed by atoms with van der Waals surface area (Å²) in [6.45, 7) is 11.3. The van der Waals surface area contributed by atoms with Crippen LogP contribution in [0.1, 0.15) is 46.6 Å². The van der Waals surface area contributed by atoms with Gasteiger partial charge in [0.1, 0.15) is 5.75 Å². The smallest absolute Gasteiger partial charge is 0.237 e. The molecule has 0 saturated heterocycles. The van der Waals surface area contributed by atoms with Crippen LogP contribution in [0.15, 0.2) is 24.3 Å². The molecule has 118 valence electrons. The number of hydrogen-bond acceptors (Lipinski definition) is 3. The fraction of sp³-hybridized carbons (Fsp3) is 0.588. The van der Waals surface area contributed by atoms with Crippen molar-refractivity contribution >= 4 is 5.91 Å². The summed E-state index contributed by atoms with van der Waals surface area (Å²) in [5, 5.41) is 6.20. The van der Waals surface area contributed by atoms with E-state index in [0.29, 0.717) is 6.54 Å². The lowest BCUT2D eigenvalue weighted by molar-refractivity contribution is -0.124. The van der Waals surface area contributed by atoms with E-state index in [0.717, 1.165) is 24.3 Å². The topological polar surface area (TPSA) is 50.4 Å². The highest BCUT2D eigenvalue weighted by Crippen LogP contribution is 2.12. The first kappa shape index (κ1) is 17.5. The van der Waals surface area contributed by atoms with Crippen molar-refractivity contribution in [3.8, 4) is 5.75 Å². The standard InChI is InChI=1S/C17H28N2O2/c1-6-11-21-15-9-7-14(8-10-15)12-18-13(2)16(20)19-17(3,4)5/h7-10,13,18H,6,11-12H2,1-5H3,(H,19,20). The Morgan fingerprint density at radius 1 is 1.24 bits per heavy atom. The lowest BCUT2D eigenvalue weighted by Gasteiger charge is -2.23. The van der Waals surface area contributed by atoms with Crippen LogP contribution in [0.3, 0.4) is 0 Å². The van der Waals surface area contributed by atoms with Crippen molar-refractivity contribution in [2.45, 2.75) is 59.2 Å². The first-order valence-electron chi connectivity index (χ1n) is 7.59. The average Bonchev–Trinajstić information content (AvgIpc) is 2.41. The Morgan fingerprint density at radius 2 is 1.86 bits per heavy atom. The Hall–Kier alpha value is -1.55. The Bertz CT molecular complexity index is 435. The summed E-state index contributed by atoms with van der Waals surface area (Å²) in [7, 11) is 0. The highest BCUT2D eigenvalue weighted by atomic mass is 16.5. The number of hydrogen-bond donors (Lipinski definition) is 2. The number of ether oxygens (including phenoxy) is 1. The maximum atomic E-state index is 12.0. The van der Waals surface area contributed by atoms with E-state index in [2.05, 4.69) is 17.6 Å². The molecule has 0 fully saturated rings. The van der Waals surface area contributed by atoms with E-state index in [9.17, 15) is 4.79 Å². The Morgan fingerprint density at radius 3 is 2.38 bits per heavy atom. The van der Waals surface area contributed by atoms with Gasteiger partial charge in [0.25, 0.3) is 0 Å². The van der Waals surface area contributed by atoms with Crippen molar-refractivity contribution in [3.05, 3.63) is 29.8 Å². The van der Waals surface area contributed by atoms with Crippen LogP contribution in [-0.4, -0.2) is 24.1 Å². The van der Waals surface area contributed by atoms with Crippen LogP contribution in [0, 0.1) is 0 Å². The molecule has 0 spiro atoms. The largest absolute Gasteiger partial charge is 0.494 e. The molecule has 0 radical (unpaired) electrons. The van der Waals surface area contributed by atoms with Crippen LogP contribution in [0.5, 0.6) is 5.75 Å². The predicted octanol–water partition coefficient (Wildman–Crippen LogP) is 2.87. The molecule has 1 amide bonds. The van der Waals surface area contributed by atoms with Crippen LogP contribution in [0.4, 0.5) is 0 Å². The van der Waals surface area contributed by atoms with Gasteiger partial charge in [-0.15, -0.1) is 0 Å². The second-order valence-electron chi connectivity index (χ2n) is 6.33. The SMILES string of the molecule is CCCOc1ccc(CNC(C)C(=O)NC(C)(C)C)cc1. The molecule has 0 aliphatic heterocycles. The third kappa shape index (κ3) is 7.14. The highest BCUT2D eigenvalue weighted by molar-refractivity contribution is 5.81. The summed E-state index contributed by atoms with van der Waals surface area (Å²) >= 11 is 0. The summed E-state index contributed by atoms with van der Waals surface area (Å²) in [4.78, 5) is 12.0. The molecule has 1 rings (SSSR count). The van der Waals surface area contributed by atoms with E-state index in [1.54, 1.807) is 0 Å². The van der Waals surface area contributed by atoms with Gasteiger partial charge >= 0.3 is 0 Å². The van der Waals surface area contributed by atoms with Crippen LogP contribution in [0.25, 0.3) is 0 Å². The van der Waals surface area contributed by atoms with Crippen LogP contribution in [-0.2, 0) is 11.3 Å². The zero-order chi connectivity index (χ0) is 15.9. The first-order valence-corrected chi connectivity index (χ1v) is 7.59. The van der Waals surface area contributed by atoms with E-state index in [1.807, 2.05) is 52.0 Å². The van der Waals surface area contributed by atoms with E-state index in [-0.39, 0.29) is 17.5 Å². The van der Waals surface area contributed by atoms with E-state index >= 15 is 0 Å². The zero-order valence-corrected chi connectivity index (χ0v) is 13.8. The molecule has 0 aliphatic carbocycles. The Kier molecular flexibility index (Phi) is 6.69. The maximum absolute atomic E-state index is 12.0. The third-order valence-corrected chi connectivity index (χ3v) is 2.90. The fourth-order valence-electron chi connectivity index (χ4n) is 1.76. The molecule has 0 heterocycles. The highest BCUT2D eigenvalue weighted by Gasteiger charge is 2.18. The molecule has 1 aromatic rings. The van der Waals surface area contributed by atoms with Crippen molar-refractivity contribution in [1.82, 2.24) is 10.6 Å². The molecule has 1 atom stereocenters. The van der Waals surface area contributed by atoms with Crippen molar-refractivity contribution in [2.24, 2.45) is 0 Å². The van der Waals surface area contributed by atoms with Gasteiger partial charge in [-0.3, -0.25) is 4.79 Å². The van der Waals surface area contributed by atoms with Gasteiger partial charge < -0.3 is 15.4 Å². The molecule has 0 bridgehead atoms. The van der Waals surface area contributed by atoms with Crippen molar-refractivity contribution in [2.75, 3.05) is 6.61 Å². The molecule has 0 aliphatic rings. The fourth-order valence-corrected chi connectivity index (χ4v) is 1.76. The van der Waals surface area contributed by atoms with Gasteiger partial charge in [0, 0.05) is 12.1 Å². The van der Waals surface area contributed by atoms with Gasteiger partial charge in [0.15, 0.2) is 0 Å². The summed E-state index contributed by atoms with van der Waals surface area (Å²) in [5.41, 5.74) is 0.930. The van der Waals surface area contributed by atoms with Gasteiger partial charge in [0.05, 0.1) is 12.6 Å². The minimum atomic E-state index is -0.222. The molecule has 4 heteroatoms. The van der Waals surface area contributed by atoms with Crippen molar-refractivity contribution < 1.29 is 9.53 Å². The normalized spacial score (nSPS) is 12.8. The number of carbonyl (C=O) groups excluding carboxylic acids is 1. The second kappa shape index (κ2) is 8.03. The summed E-state index contributed by atoms with van der Waals surface area (Å²) in [5.74, 6) is 0.907. The van der Waals surface area contributed by atoms with Crippen molar-refractivity contribution in [1.29, 1.82) is 0 Å². The van der Waals surface area contributed by atoms with Gasteiger partial charge in [0.2, 0.25) is 5.91 Å². The monoisotopic (exact) mass is 292 g/mol. The second-order valence-corrected chi connectivity index (χ2v) is 6.33. The van der Waals surface area contributed by atoms with Crippen molar-refractivity contribution in [3.63, 3.8) is 0 Å². The maximum Gasteiger partial charge on any atom is 0.237 e. The van der Waals surface area contributed by atoms with E-state index in [1.165, 1.54) is 0 Å². The minimum absolute atomic E-state index is 0.0189. The lowest BCUT2D eigenvalue weighted by atomic mass is 10.1. The van der Waals surface area contributed by atoms with Crippen LogP contribution in [0.2, 0.25) is 0 Å². The van der Waals surface area contributed by atoms with Crippen LogP contribution >= 0.6 is 0 Å². The van der Waals surface area contributed by atoms with E-state index in [4.69, 9.17) is 4.74 Å². The summed E-state index contributed by atoms with van der Waals surface area (Å²) in [6.07, 6.45) is 1.00. The third-order valence-electron chi connectivity index (χ3n) is 2.90. The number of benzene rings is 1. The molecule has 1 aromatic carbocycles. The Labute approximate surface area is 128 Å².